The minimum atomic E-state index is 0.346. The maximum atomic E-state index is 6.01. The molecule has 3 aromatic rings. The molecular formula is C22H28N4O2S. The summed E-state index contributed by atoms with van der Waals surface area (Å²) in [6.45, 7) is 2.31. The summed E-state index contributed by atoms with van der Waals surface area (Å²) in [5.41, 5.74) is 1.35. The van der Waals surface area contributed by atoms with Crippen LogP contribution in [0.3, 0.4) is 0 Å². The Labute approximate surface area is 175 Å². The van der Waals surface area contributed by atoms with E-state index in [1.165, 1.54) is 24.0 Å². The van der Waals surface area contributed by atoms with Crippen LogP contribution in [0, 0.1) is 5.41 Å². The molecule has 0 bridgehead atoms. The minimum Gasteiger partial charge on any atom is -0.457 e. The summed E-state index contributed by atoms with van der Waals surface area (Å²) in [7, 11) is 3.57. The van der Waals surface area contributed by atoms with Crippen molar-refractivity contribution in [2.75, 3.05) is 27.3 Å². The lowest BCUT2D eigenvalue weighted by Crippen LogP contribution is -2.46. The molecule has 1 aliphatic rings. The molecule has 1 aliphatic carbocycles. The van der Waals surface area contributed by atoms with Crippen molar-refractivity contribution in [2.24, 2.45) is 10.4 Å². The second kappa shape index (κ2) is 8.97. The number of guanidine groups is 1. The third-order valence-electron chi connectivity index (χ3n) is 5.70. The lowest BCUT2D eigenvalue weighted by Gasteiger charge is -2.42. The van der Waals surface area contributed by atoms with Gasteiger partial charge in [-0.2, -0.15) is 0 Å². The molecule has 2 aromatic heterocycles. The van der Waals surface area contributed by atoms with Crippen LogP contribution in [0.2, 0.25) is 0 Å². The van der Waals surface area contributed by atoms with Crippen molar-refractivity contribution in [1.29, 1.82) is 0 Å². The number of hydrogen-bond acceptors (Lipinski definition) is 5. The van der Waals surface area contributed by atoms with E-state index in [9.17, 15) is 0 Å². The molecule has 2 heterocycles. The fourth-order valence-electron chi connectivity index (χ4n) is 3.74. The normalized spacial score (nSPS) is 16.0. The van der Waals surface area contributed by atoms with Gasteiger partial charge in [-0.15, -0.1) is 11.3 Å². The van der Waals surface area contributed by atoms with E-state index in [1.807, 2.05) is 30.3 Å². The molecule has 0 unspecified atom stereocenters. The summed E-state index contributed by atoms with van der Waals surface area (Å²) in [6, 6.07) is 12.1. The molecule has 2 N–H and O–H groups in total. The standard InChI is InChI=1S/C22H28N4O2S/c1-23-21(25-15-22(10-5-11-22)12-13-27-2)24-14-16-8-9-18(28-16)20-26-17-6-3-4-7-19(17)29-20/h3-4,6-9H,5,10-15H2,1-2H3,(H2,23,24,25). The molecular weight excluding hydrogens is 384 g/mol. The summed E-state index contributed by atoms with van der Waals surface area (Å²) in [4.78, 5) is 9.01. The van der Waals surface area contributed by atoms with Gasteiger partial charge in [0.15, 0.2) is 16.7 Å². The van der Waals surface area contributed by atoms with Crippen LogP contribution in [-0.2, 0) is 11.3 Å². The number of aliphatic imine (C=N–C) groups is 1. The van der Waals surface area contributed by atoms with Gasteiger partial charge in [0.2, 0.25) is 0 Å². The highest BCUT2D eigenvalue weighted by Gasteiger charge is 2.36. The van der Waals surface area contributed by atoms with E-state index < -0.39 is 0 Å². The average Bonchev–Trinajstić information content (AvgIpc) is 3.35. The van der Waals surface area contributed by atoms with Crippen molar-refractivity contribution in [1.82, 2.24) is 15.6 Å². The van der Waals surface area contributed by atoms with E-state index in [0.29, 0.717) is 12.0 Å². The van der Waals surface area contributed by atoms with Crippen LogP contribution in [0.5, 0.6) is 0 Å². The van der Waals surface area contributed by atoms with Crippen molar-refractivity contribution in [2.45, 2.75) is 32.2 Å². The Kier molecular flexibility index (Phi) is 6.16. The number of thiazole rings is 1. The van der Waals surface area contributed by atoms with E-state index in [0.717, 1.165) is 47.6 Å². The minimum absolute atomic E-state index is 0.346. The summed E-state index contributed by atoms with van der Waals surface area (Å²) in [6.07, 6.45) is 4.91. The predicted octanol–water partition coefficient (Wildman–Crippen LogP) is 4.43. The molecule has 7 heteroatoms. The number of hydrogen-bond donors (Lipinski definition) is 2. The molecule has 0 saturated heterocycles. The average molecular weight is 413 g/mol. The Hall–Kier alpha value is -2.38. The van der Waals surface area contributed by atoms with Gasteiger partial charge in [0.1, 0.15) is 5.76 Å². The van der Waals surface area contributed by atoms with Crippen LogP contribution in [-0.4, -0.2) is 38.3 Å². The van der Waals surface area contributed by atoms with E-state index in [-0.39, 0.29) is 0 Å². The van der Waals surface area contributed by atoms with E-state index >= 15 is 0 Å². The number of benzene rings is 1. The van der Waals surface area contributed by atoms with E-state index in [1.54, 1.807) is 25.5 Å². The molecule has 0 spiro atoms. The van der Waals surface area contributed by atoms with E-state index in [2.05, 4.69) is 26.7 Å². The maximum Gasteiger partial charge on any atom is 0.191 e. The number of furan rings is 1. The SMILES string of the molecule is CN=C(NCc1ccc(-c2nc3ccccc3s2)o1)NCC1(CCOC)CCC1. The second-order valence-corrected chi connectivity index (χ2v) is 8.66. The highest BCUT2D eigenvalue weighted by atomic mass is 32.1. The molecule has 0 atom stereocenters. The lowest BCUT2D eigenvalue weighted by molar-refractivity contribution is 0.0732. The van der Waals surface area contributed by atoms with Gasteiger partial charge in [-0.05, 0) is 48.9 Å². The first-order chi connectivity index (χ1) is 14.2. The topological polar surface area (TPSA) is 71.7 Å². The molecule has 154 valence electrons. The fourth-order valence-corrected chi connectivity index (χ4v) is 4.67. The molecule has 29 heavy (non-hydrogen) atoms. The number of aromatic nitrogens is 1. The summed E-state index contributed by atoms with van der Waals surface area (Å²) < 4.78 is 12.5. The smallest absolute Gasteiger partial charge is 0.191 e. The van der Waals surface area contributed by atoms with Gasteiger partial charge in [0.05, 0.1) is 16.8 Å². The van der Waals surface area contributed by atoms with Gasteiger partial charge in [-0.3, -0.25) is 4.99 Å². The van der Waals surface area contributed by atoms with Gasteiger partial charge in [-0.1, -0.05) is 18.6 Å². The van der Waals surface area contributed by atoms with Crippen molar-refractivity contribution < 1.29 is 9.15 Å². The number of methoxy groups -OCH3 is 1. The van der Waals surface area contributed by atoms with Crippen LogP contribution < -0.4 is 10.6 Å². The van der Waals surface area contributed by atoms with Crippen LogP contribution in [0.25, 0.3) is 21.0 Å². The summed E-state index contributed by atoms with van der Waals surface area (Å²) >= 11 is 1.65. The first kappa shape index (κ1) is 19.9. The Morgan fingerprint density at radius 2 is 2.10 bits per heavy atom. The van der Waals surface area contributed by atoms with Gasteiger partial charge >= 0.3 is 0 Å². The first-order valence-electron chi connectivity index (χ1n) is 10.1. The molecule has 0 amide bonds. The third-order valence-corrected chi connectivity index (χ3v) is 6.75. The number of nitrogens with one attached hydrogen (secondary N) is 2. The quantitative estimate of drug-likeness (QED) is 0.423. The number of fused-ring (bicyclic) bond motifs is 1. The third kappa shape index (κ3) is 4.62. The van der Waals surface area contributed by atoms with Crippen LogP contribution in [0.1, 0.15) is 31.4 Å². The molecule has 1 aromatic carbocycles. The fraction of sp³-hybridized carbons (Fsp3) is 0.455. The summed E-state index contributed by atoms with van der Waals surface area (Å²) in [5, 5.41) is 7.74. The molecule has 0 radical (unpaired) electrons. The van der Waals surface area contributed by atoms with Gasteiger partial charge in [0, 0.05) is 27.3 Å². The Bertz CT molecular complexity index is 941. The van der Waals surface area contributed by atoms with Crippen LogP contribution >= 0.6 is 11.3 Å². The Morgan fingerprint density at radius 3 is 2.83 bits per heavy atom. The molecule has 1 saturated carbocycles. The molecule has 1 fully saturated rings. The zero-order chi connectivity index (χ0) is 20.1. The van der Waals surface area contributed by atoms with Crippen molar-refractivity contribution in [3.8, 4) is 10.8 Å². The van der Waals surface area contributed by atoms with Gasteiger partial charge in [-0.25, -0.2) is 4.98 Å². The van der Waals surface area contributed by atoms with Crippen molar-refractivity contribution in [3.63, 3.8) is 0 Å². The van der Waals surface area contributed by atoms with Gasteiger partial charge < -0.3 is 19.8 Å². The maximum absolute atomic E-state index is 6.01. The highest BCUT2D eigenvalue weighted by Crippen LogP contribution is 2.43. The monoisotopic (exact) mass is 412 g/mol. The predicted molar refractivity (Wildman–Crippen MR) is 118 cm³/mol. The Balaban J connectivity index is 1.32. The molecule has 6 nitrogen and oxygen atoms in total. The summed E-state index contributed by atoms with van der Waals surface area (Å²) in [5.74, 6) is 2.46. The van der Waals surface area contributed by atoms with Crippen molar-refractivity contribution >= 4 is 27.5 Å². The van der Waals surface area contributed by atoms with E-state index in [4.69, 9.17) is 9.15 Å². The van der Waals surface area contributed by atoms with Gasteiger partial charge in [0.25, 0.3) is 0 Å². The first-order valence-corrected chi connectivity index (χ1v) is 10.9. The van der Waals surface area contributed by atoms with Crippen molar-refractivity contribution in [3.05, 3.63) is 42.2 Å². The Morgan fingerprint density at radius 1 is 1.24 bits per heavy atom. The lowest BCUT2D eigenvalue weighted by atomic mass is 9.67. The number of ether oxygens (including phenoxy) is 1. The zero-order valence-corrected chi connectivity index (χ0v) is 17.8. The van der Waals surface area contributed by atoms with Crippen LogP contribution in [0.4, 0.5) is 0 Å². The molecule has 0 aliphatic heterocycles. The van der Waals surface area contributed by atoms with Crippen LogP contribution in [0.15, 0.2) is 45.8 Å². The molecule has 4 rings (SSSR count). The highest BCUT2D eigenvalue weighted by molar-refractivity contribution is 7.21. The zero-order valence-electron chi connectivity index (χ0n) is 17.0. The number of rotatable bonds is 8. The number of para-hydroxylation sites is 1. The number of nitrogens with zero attached hydrogens (tertiary/aromatic N) is 2. The second-order valence-electron chi connectivity index (χ2n) is 7.63. The largest absolute Gasteiger partial charge is 0.457 e.